The summed E-state index contributed by atoms with van der Waals surface area (Å²) in [5.74, 6) is 0.985. The van der Waals surface area contributed by atoms with Crippen LogP contribution in [-0.2, 0) is 0 Å². The summed E-state index contributed by atoms with van der Waals surface area (Å²) < 4.78 is 42.6. The van der Waals surface area contributed by atoms with Crippen LogP contribution in [0.15, 0.2) is 89.3 Å². The van der Waals surface area contributed by atoms with E-state index in [1.165, 1.54) is 46.4 Å². The SMILES string of the molecule is Cc1ccc(N2C(=CN=Cc3ccc(-c4ncn(-c5ccc(OC(F)(F)F)cc5)n4)cc3)SCC2(C)O)c(C(C)C)c1. The average Bonchev–Trinajstić information content (AvgIpc) is 3.53. The van der Waals surface area contributed by atoms with Crippen molar-refractivity contribution in [3.05, 3.63) is 101 Å². The fourth-order valence-corrected chi connectivity index (χ4v) is 5.73. The van der Waals surface area contributed by atoms with Gasteiger partial charge < -0.3 is 14.7 Å². The van der Waals surface area contributed by atoms with Crippen LogP contribution in [0.5, 0.6) is 5.75 Å². The molecule has 1 aromatic heterocycles. The molecule has 218 valence electrons. The number of alkyl halides is 3. The number of aliphatic imine (C=N–C) groups is 1. The maximum absolute atomic E-state index is 12.4. The van der Waals surface area contributed by atoms with Gasteiger partial charge in [0, 0.05) is 23.2 Å². The number of ether oxygens (including phenoxy) is 1. The Bertz CT molecular complexity index is 1610. The summed E-state index contributed by atoms with van der Waals surface area (Å²) in [6, 6.07) is 19.2. The summed E-state index contributed by atoms with van der Waals surface area (Å²) in [6.07, 6.45) is 0.274. The second-order valence-electron chi connectivity index (χ2n) is 10.5. The molecule has 0 radical (unpaired) electrons. The Morgan fingerprint density at radius 1 is 1.07 bits per heavy atom. The van der Waals surface area contributed by atoms with E-state index in [1.807, 2.05) is 36.1 Å². The van der Waals surface area contributed by atoms with Gasteiger partial charge in [-0.1, -0.05) is 55.8 Å². The van der Waals surface area contributed by atoms with E-state index in [-0.39, 0.29) is 5.75 Å². The molecule has 1 aliphatic heterocycles. The van der Waals surface area contributed by atoms with E-state index >= 15 is 0 Å². The molecule has 11 heteroatoms. The number of aliphatic hydroxyl groups is 1. The zero-order valence-corrected chi connectivity index (χ0v) is 24.3. The average molecular weight is 594 g/mol. The Hall–Kier alpha value is -4.09. The number of hydrogen-bond donors (Lipinski definition) is 1. The number of aryl methyl sites for hydroxylation is 1. The van der Waals surface area contributed by atoms with Crippen LogP contribution in [0.2, 0.25) is 0 Å². The van der Waals surface area contributed by atoms with Crippen molar-refractivity contribution in [2.75, 3.05) is 10.7 Å². The maximum atomic E-state index is 12.4. The number of aromatic nitrogens is 3. The summed E-state index contributed by atoms with van der Waals surface area (Å²) in [4.78, 5) is 10.8. The van der Waals surface area contributed by atoms with Gasteiger partial charge in [0.1, 0.15) is 17.8 Å². The second-order valence-corrected chi connectivity index (χ2v) is 11.5. The van der Waals surface area contributed by atoms with Gasteiger partial charge in [-0.05, 0) is 61.2 Å². The predicted octanol–water partition coefficient (Wildman–Crippen LogP) is 7.44. The molecule has 1 N–H and O–H groups in total. The predicted molar refractivity (Wildman–Crippen MR) is 160 cm³/mol. The molecule has 3 aromatic carbocycles. The monoisotopic (exact) mass is 593 g/mol. The maximum Gasteiger partial charge on any atom is 0.573 e. The molecule has 0 saturated carbocycles. The minimum atomic E-state index is -4.74. The van der Waals surface area contributed by atoms with Gasteiger partial charge in [0.25, 0.3) is 0 Å². The van der Waals surface area contributed by atoms with Crippen molar-refractivity contribution in [3.8, 4) is 22.8 Å². The van der Waals surface area contributed by atoms with Gasteiger partial charge in [0.2, 0.25) is 0 Å². The lowest BCUT2D eigenvalue weighted by Gasteiger charge is -2.34. The van der Waals surface area contributed by atoms with E-state index in [1.54, 1.807) is 24.2 Å². The third kappa shape index (κ3) is 6.69. The molecule has 42 heavy (non-hydrogen) atoms. The van der Waals surface area contributed by atoms with Crippen LogP contribution in [0, 0.1) is 6.92 Å². The van der Waals surface area contributed by atoms with E-state index in [2.05, 4.69) is 58.8 Å². The molecule has 1 atom stereocenters. The summed E-state index contributed by atoms with van der Waals surface area (Å²) in [6.45, 7) is 8.19. The van der Waals surface area contributed by atoms with E-state index < -0.39 is 12.1 Å². The van der Waals surface area contributed by atoms with Crippen LogP contribution >= 0.6 is 11.8 Å². The van der Waals surface area contributed by atoms with Crippen LogP contribution in [-0.4, -0.2) is 43.9 Å². The topological polar surface area (TPSA) is 75.8 Å². The molecule has 0 aliphatic carbocycles. The van der Waals surface area contributed by atoms with Crippen molar-refractivity contribution in [2.45, 2.75) is 45.7 Å². The number of halogens is 3. The Balaban J connectivity index is 1.30. The van der Waals surface area contributed by atoms with Crippen molar-refractivity contribution in [3.63, 3.8) is 0 Å². The van der Waals surface area contributed by atoms with Crippen molar-refractivity contribution in [1.29, 1.82) is 0 Å². The van der Waals surface area contributed by atoms with E-state index in [0.29, 0.717) is 23.2 Å². The molecule has 0 bridgehead atoms. The van der Waals surface area contributed by atoms with Crippen LogP contribution in [0.3, 0.4) is 0 Å². The molecular formula is C31H30F3N5O2S. The lowest BCUT2D eigenvalue weighted by Crippen LogP contribution is -2.42. The van der Waals surface area contributed by atoms with Gasteiger partial charge in [0.15, 0.2) is 5.82 Å². The highest BCUT2D eigenvalue weighted by atomic mass is 32.2. The zero-order valence-electron chi connectivity index (χ0n) is 23.5. The highest BCUT2D eigenvalue weighted by Crippen LogP contribution is 2.44. The highest BCUT2D eigenvalue weighted by Gasteiger charge is 2.40. The van der Waals surface area contributed by atoms with Crippen molar-refractivity contribution in [1.82, 2.24) is 14.8 Å². The number of thioether (sulfide) groups is 1. The first-order valence-electron chi connectivity index (χ1n) is 13.3. The minimum absolute atomic E-state index is 0.295. The Morgan fingerprint density at radius 3 is 2.45 bits per heavy atom. The van der Waals surface area contributed by atoms with Gasteiger partial charge in [-0.25, -0.2) is 9.67 Å². The summed E-state index contributed by atoms with van der Waals surface area (Å²) in [5.41, 5.74) is 4.48. The number of anilines is 1. The van der Waals surface area contributed by atoms with E-state index in [0.717, 1.165) is 21.8 Å². The quantitative estimate of drug-likeness (QED) is 0.225. The molecule has 1 aliphatic rings. The van der Waals surface area contributed by atoms with Crippen molar-refractivity contribution < 1.29 is 23.0 Å². The Kier molecular flexibility index (Phi) is 8.16. The van der Waals surface area contributed by atoms with Gasteiger partial charge in [0.05, 0.1) is 16.9 Å². The molecular weight excluding hydrogens is 563 g/mol. The van der Waals surface area contributed by atoms with E-state index in [9.17, 15) is 18.3 Å². The standard InChI is InChI=1S/C31H30F3N5O2S/c1-20(2)26-15-21(3)5-14-27(26)39-28(42-18-30(39,4)40)17-35-16-22-6-8-23(9-7-22)29-36-19-38(37-29)24-10-12-25(13-11-24)41-31(32,33)34/h5-17,19-20,40H,18H2,1-4H3. The summed E-state index contributed by atoms with van der Waals surface area (Å²) in [5, 5.41) is 16.5. The fraction of sp³-hybridized carbons (Fsp3) is 0.258. The number of benzene rings is 3. The van der Waals surface area contributed by atoms with Crippen molar-refractivity contribution >= 4 is 23.7 Å². The summed E-state index contributed by atoms with van der Waals surface area (Å²) >= 11 is 1.56. The first-order valence-corrected chi connectivity index (χ1v) is 14.3. The van der Waals surface area contributed by atoms with Gasteiger partial charge in [-0.15, -0.1) is 30.0 Å². The zero-order chi connectivity index (χ0) is 30.1. The molecule has 5 rings (SSSR count). The smallest absolute Gasteiger partial charge is 0.406 e. The largest absolute Gasteiger partial charge is 0.573 e. The molecule has 2 heterocycles. The lowest BCUT2D eigenvalue weighted by atomic mass is 9.97. The Morgan fingerprint density at radius 2 is 1.79 bits per heavy atom. The van der Waals surface area contributed by atoms with Crippen LogP contribution in [0.25, 0.3) is 17.1 Å². The molecule has 0 spiro atoms. The number of hydrogen-bond acceptors (Lipinski definition) is 7. The van der Waals surface area contributed by atoms with Crippen molar-refractivity contribution in [2.24, 2.45) is 4.99 Å². The molecule has 1 unspecified atom stereocenters. The molecule has 0 amide bonds. The van der Waals surface area contributed by atoms with Gasteiger partial charge in [-0.3, -0.25) is 4.99 Å². The normalized spacial score (nSPS) is 18.5. The third-order valence-electron chi connectivity index (χ3n) is 6.65. The van der Waals surface area contributed by atoms with Gasteiger partial charge >= 0.3 is 6.36 Å². The number of nitrogens with zero attached hydrogens (tertiary/aromatic N) is 5. The second kappa shape index (κ2) is 11.7. The van der Waals surface area contributed by atoms with E-state index in [4.69, 9.17) is 0 Å². The fourth-order valence-electron chi connectivity index (χ4n) is 4.62. The first kappa shape index (κ1) is 29.4. The molecule has 1 fully saturated rings. The van der Waals surface area contributed by atoms with Gasteiger partial charge in [-0.2, -0.15) is 0 Å². The van der Waals surface area contributed by atoms with Crippen LogP contribution in [0.4, 0.5) is 18.9 Å². The third-order valence-corrected chi connectivity index (χ3v) is 7.92. The lowest BCUT2D eigenvalue weighted by molar-refractivity contribution is -0.274. The molecule has 7 nitrogen and oxygen atoms in total. The first-order chi connectivity index (χ1) is 19.9. The molecule has 4 aromatic rings. The minimum Gasteiger partial charge on any atom is -0.406 e. The number of rotatable bonds is 7. The summed E-state index contributed by atoms with van der Waals surface area (Å²) in [7, 11) is 0. The molecule has 1 saturated heterocycles. The Labute approximate surface area is 246 Å². The van der Waals surface area contributed by atoms with Crippen LogP contribution < -0.4 is 9.64 Å². The highest BCUT2D eigenvalue weighted by molar-refractivity contribution is 8.03. The van der Waals surface area contributed by atoms with Crippen LogP contribution in [0.1, 0.15) is 43.4 Å².